The maximum Gasteiger partial charge on any atom is 0.262 e. The third-order valence-electron chi connectivity index (χ3n) is 13.0. The number of imide groups is 2. The first-order chi connectivity index (χ1) is 32.5. The Hall–Kier alpha value is -7.82. The number of carbonyl (C=O) groups excluding carboxylic acids is 7. The lowest BCUT2D eigenvalue weighted by Gasteiger charge is -2.38. The number of anilines is 3. The van der Waals surface area contributed by atoms with E-state index in [-0.39, 0.29) is 54.3 Å². The Labute approximate surface area is 386 Å². The van der Waals surface area contributed by atoms with Crippen molar-refractivity contribution in [1.82, 2.24) is 24.9 Å². The van der Waals surface area contributed by atoms with Crippen LogP contribution in [0.25, 0.3) is 11.3 Å². The van der Waals surface area contributed by atoms with Crippen LogP contribution >= 0.6 is 0 Å². The minimum absolute atomic E-state index is 0.0327. The average molecular weight is 906 g/mol. The van der Waals surface area contributed by atoms with Crippen LogP contribution < -0.4 is 31.7 Å². The number of aromatic nitrogens is 2. The summed E-state index contributed by atoms with van der Waals surface area (Å²) in [5.41, 5.74) is 10.1. The van der Waals surface area contributed by atoms with Gasteiger partial charge < -0.3 is 31.3 Å². The molecule has 2 atom stereocenters. The van der Waals surface area contributed by atoms with Crippen molar-refractivity contribution >= 4 is 58.5 Å². The number of aryl methyl sites for hydroxylation is 1. The van der Waals surface area contributed by atoms with Crippen LogP contribution in [-0.2, 0) is 25.6 Å². The molecule has 17 nitrogen and oxygen atoms in total. The quantitative estimate of drug-likeness (QED) is 0.0614. The summed E-state index contributed by atoms with van der Waals surface area (Å²) in [7, 11) is 0. The number of amides is 7. The number of likely N-dealkylation sites (tertiary alicyclic amines) is 1. The highest BCUT2D eigenvalue weighted by Crippen LogP contribution is 2.40. The van der Waals surface area contributed by atoms with Gasteiger partial charge in [-0.1, -0.05) is 30.3 Å². The van der Waals surface area contributed by atoms with Crippen LogP contribution in [0.4, 0.5) is 17.2 Å². The van der Waals surface area contributed by atoms with Gasteiger partial charge in [0.2, 0.25) is 23.6 Å². The third-order valence-corrected chi connectivity index (χ3v) is 13.0. The summed E-state index contributed by atoms with van der Waals surface area (Å²) in [5, 5.41) is 16.4. The lowest BCUT2D eigenvalue weighted by atomic mass is 9.86. The zero-order valence-electron chi connectivity index (χ0n) is 36.8. The van der Waals surface area contributed by atoms with Gasteiger partial charge in [-0.25, -0.2) is 4.68 Å². The first kappa shape index (κ1) is 44.4. The Kier molecular flexibility index (Phi) is 12.8. The zero-order chi connectivity index (χ0) is 46.6. The maximum atomic E-state index is 13.3. The molecule has 67 heavy (non-hydrogen) atoms. The third kappa shape index (κ3) is 9.62. The molecule has 0 aliphatic carbocycles. The number of benzene rings is 4. The molecule has 9 rings (SSSR count). The van der Waals surface area contributed by atoms with Gasteiger partial charge in [-0.2, -0.15) is 5.10 Å². The van der Waals surface area contributed by atoms with Crippen molar-refractivity contribution in [3.63, 3.8) is 0 Å². The Morgan fingerprint density at radius 2 is 1.51 bits per heavy atom. The minimum Gasteiger partial charge on any atom is -0.457 e. The van der Waals surface area contributed by atoms with Crippen molar-refractivity contribution in [3.8, 4) is 22.8 Å². The second-order valence-corrected chi connectivity index (χ2v) is 17.3. The fourth-order valence-corrected chi connectivity index (χ4v) is 9.50. The fourth-order valence-electron chi connectivity index (χ4n) is 9.50. The van der Waals surface area contributed by atoms with Crippen LogP contribution in [0.2, 0.25) is 0 Å². The summed E-state index contributed by atoms with van der Waals surface area (Å²) in [6, 6.07) is 28.1. The number of nitrogens with zero attached hydrogens (tertiary/aromatic N) is 4. The molecular weight excluding hydrogens is 855 g/mol. The number of para-hydroxylation sites is 1. The molecule has 2 fully saturated rings. The van der Waals surface area contributed by atoms with Gasteiger partial charge in [0, 0.05) is 49.4 Å². The van der Waals surface area contributed by atoms with Crippen molar-refractivity contribution in [1.29, 1.82) is 0 Å². The second kappa shape index (κ2) is 19.3. The monoisotopic (exact) mass is 905 g/mol. The molecule has 4 aliphatic heterocycles. The predicted molar refractivity (Wildman–Crippen MR) is 248 cm³/mol. The lowest BCUT2D eigenvalue weighted by Crippen LogP contribution is -2.54. The molecule has 5 aromatic rings. The predicted octanol–water partition coefficient (Wildman–Crippen LogP) is 5.90. The van der Waals surface area contributed by atoms with Crippen LogP contribution in [0.1, 0.15) is 94.0 Å². The van der Waals surface area contributed by atoms with Gasteiger partial charge in [0.05, 0.1) is 23.7 Å². The van der Waals surface area contributed by atoms with E-state index in [1.54, 1.807) is 6.07 Å². The summed E-state index contributed by atoms with van der Waals surface area (Å²) in [6.45, 7) is 1.93. The topological polar surface area (TPSA) is 227 Å². The molecule has 1 aromatic heterocycles. The molecule has 0 bridgehead atoms. The molecule has 6 N–H and O–H groups in total. The van der Waals surface area contributed by atoms with E-state index >= 15 is 0 Å². The Bertz CT molecular complexity index is 2730. The minimum atomic E-state index is -1.06. The van der Waals surface area contributed by atoms with Crippen LogP contribution in [0.5, 0.6) is 11.5 Å². The molecule has 17 heteroatoms. The van der Waals surface area contributed by atoms with E-state index in [4.69, 9.17) is 15.6 Å². The number of fused-ring (bicyclic) bond motifs is 2. The van der Waals surface area contributed by atoms with Crippen LogP contribution in [-0.4, -0.2) is 93.2 Å². The number of piperidine rings is 2. The zero-order valence-corrected chi connectivity index (χ0v) is 36.8. The molecule has 0 saturated carbocycles. The van der Waals surface area contributed by atoms with Crippen molar-refractivity contribution in [2.24, 2.45) is 11.7 Å². The number of primary amides is 1. The number of ether oxygens (including phenoxy) is 1. The summed E-state index contributed by atoms with van der Waals surface area (Å²) in [4.78, 5) is 91.8. The highest BCUT2D eigenvalue weighted by Gasteiger charge is 2.45. The van der Waals surface area contributed by atoms with Crippen molar-refractivity contribution in [2.45, 2.75) is 69.9 Å². The van der Waals surface area contributed by atoms with Crippen LogP contribution in [0.3, 0.4) is 0 Å². The van der Waals surface area contributed by atoms with E-state index in [2.05, 4.69) is 21.3 Å². The molecule has 0 radical (unpaired) electrons. The Morgan fingerprint density at radius 3 is 2.24 bits per heavy atom. The Balaban J connectivity index is 0.703. The fraction of sp³-hybridized carbons (Fsp3) is 0.320. The van der Waals surface area contributed by atoms with Gasteiger partial charge in [0.15, 0.2) is 0 Å². The van der Waals surface area contributed by atoms with E-state index in [9.17, 15) is 33.6 Å². The second-order valence-electron chi connectivity index (χ2n) is 17.3. The van der Waals surface area contributed by atoms with Crippen molar-refractivity contribution in [2.75, 3.05) is 42.1 Å². The molecule has 2 saturated heterocycles. The SMILES string of the molecule is NC(=O)c1c(-c2ccc(Oc3ccccc3)cc2)nn2c1NCC[C@H]2C1CCN(C(=O)CCCCc2ccc(NC(=O)CNc3ccc4c(c3)C(=O)N(C3CCC(=O)NC3=O)C4=O)cc2)CC1. The maximum absolute atomic E-state index is 13.3. The molecule has 4 aliphatic rings. The molecule has 7 amide bonds. The highest BCUT2D eigenvalue weighted by molar-refractivity contribution is 6.23. The molecular formula is C50H51N9O8. The first-order valence-electron chi connectivity index (χ1n) is 22.8. The summed E-state index contributed by atoms with van der Waals surface area (Å²) in [6.07, 6.45) is 5.47. The van der Waals surface area contributed by atoms with Crippen molar-refractivity contribution in [3.05, 3.63) is 119 Å². The molecule has 344 valence electrons. The normalized spacial score (nSPS) is 18.1. The number of unbranched alkanes of at least 4 members (excludes halogenated alkanes) is 1. The Morgan fingerprint density at radius 1 is 0.791 bits per heavy atom. The average Bonchev–Trinajstić information content (AvgIpc) is 3.85. The van der Waals surface area contributed by atoms with Gasteiger partial charge in [-0.15, -0.1) is 0 Å². The number of hydrogen-bond acceptors (Lipinski definition) is 11. The number of hydrogen-bond donors (Lipinski definition) is 5. The van der Waals surface area contributed by atoms with Gasteiger partial charge in [0.1, 0.15) is 34.6 Å². The van der Waals surface area contributed by atoms with E-state index in [0.717, 1.165) is 60.3 Å². The number of rotatable bonds is 15. The van der Waals surface area contributed by atoms with Crippen molar-refractivity contribution < 1.29 is 38.3 Å². The lowest BCUT2D eigenvalue weighted by molar-refractivity contribution is -0.136. The summed E-state index contributed by atoms with van der Waals surface area (Å²) in [5.74, 6) is -0.715. The smallest absolute Gasteiger partial charge is 0.262 e. The van der Waals surface area contributed by atoms with Crippen LogP contribution in [0, 0.1) is 5.92 Å². The van der Waals surface area contributed by atoms with Crippen LogP contribution in [0.15, 0.2) is 97.1 Å². The van der Waals surface area contributed by atoms with Gasteiger partial charge >= 0.3 is 0 Å². The standard InChI is InChI=1S/C50H51N9O8/c51-46(63)44-45(32-12-17-36(18-13-32)67-35-7-2-1-3-8-35)56-59-39(22-25-52-47(44)59)31-23-26-57(27-24-31)43(62)9-5-4-6-30-10-14-33(15-11-30)54-42(61)29-53-34-16-19-37-38(28-34)50(66)58(49(37)65)40-20-21-41(60)55-48(40)64/h1-3,7-8,10-19,28,31,39-40,52-53H,4-6,9,20-27,29H2,(H2,51,63)(H,54,61)(H,55,60,64)/t39-,40?/m0/s1. The van der Waals surface area contributed by atoms with Gasteiger partial charge in [-0.05, 0) is 123 Å². The van der Waals surface area contributed by atoms with E-state index in [1.165, 1.54) is 12.1 Å². The summed E-state index contributed by atoms with van der Waals surface area (Å²) >= 11 is 0. The highest BCUT2D eigenvalue weighted by atomic mass is 16.5. The van der Waals surface area contributed by atoms with E-state index < -0.39 is 35.6 Å². The molecule has 5 heterocycles. The number of carbonyl (C=O) groups is 7. The summed E-state index contributed by atoms with van der Waals surface area (Å²) < 4.78 is 7.90. The molecule has 4 aromatic carbocycles. The van der Waals surface area contributed by atoms with E-state index in [1.807, 2.05) is 88.4 Å². The number of nitrogens with one attached hydrogen (secondary N) is 4. The van der Waals surface area contributed by atoms with E-state index in [0.29, 0.717) is 60.3 Å². The van der Waals surface area contributed by atoms with Gasteiger partial charge in [-0.3, -0.25) is 43.8 Å². The first-order valence-corrected chi connectivity index (χ1v) is 22.8. The molecule has 0 spiro atoms. The largest absolute Gasteiger partial charge is 0.457 e. The van der Waals surface area contributed by atoms with Gasteiger partial charge in [0.25, 0.3) is 17.7 Å². The number of nitrogens with two attached hydrogens (primary N) is 1. The molecule has 1 unspecified atom stereocenters.